The van der Waals surface area contributed by atoms with Gasteiger partial charge in [0.2, 0.25) is 10.0 Å². The summed E-state index contributed by atoms with van der Waals surface area (Å²) in [5.41, 5.74) is 0. The monoisotopic (exact) mass is 331 g/mol. The first-order chi connectivity index (χ1) is 5.84. The third kappa shape index (κ3) is 2.28. The first kappa shape index (κ1) is 11.1. The van der Waals surface area contributed by atoms with E-state index >= 15 is 0 Å². The van der Waals surface area contributed by atoms with Gasteiger partial charge in [-0.3, -0.25) is 0 Å². The summed E-state index contributed by atoms with van der Waals surface area (Å²) >= 11 is 5.90. The molecule has 0 unspecified atom stereocenters. The van der Waals surface area contributed by atoms with E-state index in [1.165, 1.54) is 6.07 Å². The van der Waals surface area contributed by atoms with Crippen molar-refractivity contribution in [1.29, 1.82) is 0 Å². The number of halogens is 3. The van der Waals surface area contributed by atoms with E-state index in [-0.39, 0.29) is 4.47 Å². The number of primary sulfonamides is 1. The van der Waals surface area contributed by atoms with Crippen LogP contribution >= 0.6 is 31.9 Å². The largest absolute Gasteiger partial charge is 0.241 e. The molecule has 0 saturated heterocycles. The first-order valence-electron chi connectivity index (χ1n) is 3.00. The van der Waals surface area contributed by atoms with Crippen LogP contribution in [0.2, 0.25) is 0 Å². The van der Waals surface area contributed by atoms with Crippen LogP contribution in [0.5, 0.6) is 0 Å². The maximum Gasteiger partial charge on any atom is 0.241 e. The number of benzene rings is 1. The maximum absolute atomic E-state index is 13.2. The molecule has 0 atom stereocenters. The average molecular weight is 333 g/mol. The fourth-order valence-electron chi connectivity index (χ4n) is 0.728. The molecule has 0 radical (unpaired) electrons. The van der Waals surface area contributed by atoms with Crippen molar-refractivity contribution in [3.63, 3.8) is 0 Å². The lowest BCUT2D eigenvalue weighted by molar-refractivity contribution is 0.563. The minimum Gasteiger partial charge on any atom is -0.225 e. The molecular formula is C6H4Br2FNO2S. The fourth-order valence-corrected chi connectivity index (χ4v) is 2.12. The second kappa shape index (κ2) is 3.64. The molecule has 1 aromatic rings. The summed E-state index contributed by atoms with van der Waals surface area (Å²) in [6.07, 6.45) is 0. The Morgan fingerprint density at radius 2 is 1.85 bits per heavy atom. The Kier molecular flexibility index (Phi) is 3.11. The minimum atomic E-state index is -4.00. The number of sulfonamides is 1. The third-order valence-electron chi connectivity index (χ3n) is 1.31. The molecule has 13 heavy (non-hydrogen) atoms. The van der Waals surface area contributed by atoms with Gasteiger partial charge in [0.25, 0.3) is 0 Å². The summed E-state index contributed by atoms with van der Waals surface area (Å²) in [5.74, 6) is -0.892. The molecule has 0 aromatic heterocycles. The Labute approximate surface area is 91.4 Å². The van der Waals surface area contributed by atoms with Crippen LogP contribution in [0.3, 0.4) is 0 Å². The highest BCUT2D eigenvalue weighted by atomic mass is 79.9. The molecule has 0 fully saturated rings. The van der Waals surface area contributed by atoms with E-state index in [1.807, 2.05) is 0 Å². The molecule has 7 heteroatoms. The minimum absolute atomic E-state index is 0.0408. The van der Waals surface area contributed by atoms with Crippen LogP contribution in [0.15, 0.2) is 26.0 Å². The predicted octanol–water partition coefficient (Wildman–Crippen LogP) is 2.00. The zero-order chi connectivity index (χ0) is 10.2. The van der Waals surface area contributed by atoms with E-state index in [9.17, 15) is 12.8 Å². The van der Waals surface area contributed by atoms with E-state index in [2.05, 4.69) is 31.9 Å². The smallest absolute Gasteiger partial charge is 0.225 e. The number of hydrogen-bond acceptors (Lipinski definition) is 2. The molecule has 1 rings (SSSR count). The molecule has 0 saturated carbocycles. The van der Waals surface area contributed by atoms with Gasteiger partial charge in [0.15, 0.2) is 5.82 Å². The second-order valence-corrected chi connectivity index (χ2v) is 5.40. The van der Waals surface area contributed by atoms with Gasteiger partial charge in [0, 0.05) is 4.47 Å². The molecule has 0 aliphatic rings. The van der Waals surface area contributed by atoms with Crippen molar-refractivity contribution in [3.05, 3.63) is 26.9 Å². The highest BCUT2D eigenvalue weighted by Gasteiger charge is 2.17. The van der Waals surface area contributed by atoms with Crippen molar-refractivity contribution < 1.29 is 12.8 Å². The lowest BCUT2D eigenvalue weighted by Crippen LogP contribution is -2.14. The number of hydrogen-bond donors (Lipinski definition) is 1. The van der Waals surface area contributed by atoms with Gasteiger partial charge in [-0.15, -0.1) is 0 Å². The molecule has 0 amide bonds. The molecule has 2 N–H and O–H groups in total. The molecule has 72 valence electrons. The molecule has 0 aliphatic heterocycles. The topological polar surface area (TPSA) is 60.2 Å². The fraction of sp³-hybridized carbons (Fsp3) is 0. The molecule has 0 heterocycles. The molecule has 0 spiro atoms. The Morgan fingerprint density at radius 1 is 1.31 bits per heavy atom. The van der Waals surface area contributed by atoms with Gasteiger partial charge in [-0.2, -0.15) is 0 Å². The van der Waals surface area contributed by atoms with E-state index in [4.69, 9.17) is 5.14 Å². The summed E-state index contributed by atoms with van der Waals surface area (Å²) in [6.45, 7) is 0. The number of rotatable bonds is 1. The quantitative estimate of drug-likeness (QED) is 0.799. The molecule has 3 nitrogen and oxygen atoms in total. The van der Waals surface area contributed by atoms with Crippen LogP contribution in [-0.4, -0.2) is 8.42 Å². The van der Waals surface area contributed by atoms with Gasteiger partial charge >= 0.3 is 0 Å². The summed E-state index contributed by atoms with van der Waals surface area (Å²) in [7, 11) is -4.00. The van der Waals surface area contributed by atoms with Gasteiger partial charge < -0.3 is 0 Å². The van der Waals surface area contributed by atoms with Crippen molar-refractivity contribution in [1.82, 2.24) is 0 Å². The Morgan fingerprint density at radius 3 is 2.31 bits per heavy atom. The van der Waals surface area contributed by atoms with Crippen LogP contribution < -0.4 is 5.14 Å². The SMILES string of the molecule is NS(=O)(=O)c1ccc(Br)c(Br)c1F. The van der Waals surface area contributed by atoms with E-state index in [0.717, 1.165) is 6.07 Å². The van der Waals surface area contributed by atoms with Gasteiger partial charge in [-0.05, 0) is 44.0 Å². The highest BCUT2D eigenvalue weighted by molar-refractivity contribution is 9.13. The third-order valence-corrected chi connectivity index (χ3v) is 4.20. The predicted molar refractivity (Wildman–Crippen MR) is 53.2 cm³/mol. The van der Waals surface area contributed by atoms with Crippen LogP contribution in [0.4, 0.5) is 4.39 Å². The van der Waals surface area contributed by atoms with E-state index < -0.39 is 20.7 Å². The van der Waals surface area contributed by atoms with Crippen molar-refractivity contribution in [2.45, 2.75) is 4.90 Å². The van der Waals surface area contributed by atoms with Gasteiger partial charge in [-0.25, -0.2) is 17.9 Å². The number of nitrogens with two attached hydrogens (primary N) is 1. The van der Waals surface area contributed by atoms with Crippen LogP contribution in [-0.2, 0) is 10.0 Å². The van der Waals surface area contributed by atoms with Crippen LogP contribution in [0.1, 0.15) is 0 Å². The summed E-state index contributed by atoms with van der Waals surface area (Å²) in [6, 6.07) is 2.49. The Hall–Kier alpha value is 0.0200. The van der Waals surface area contributed by atoms with Crippen LogP contribution in [0, 0.1) is 5.82 Å². The lowest BCUT2D eigenvalue weighted by atomic mass is 10.3. The molecular weight excluding hydrogens is 329 g/mol. The molecule has 0 bridgehead atoms. The van der Waals surface area contributed by atoms with Gasteiger partial charge in [0.05, 0.1) is 4.47 Å². The molecule has 1 aromatic carbocycles. The summed E-state index contributed by atoms with van der Waals surface area (Å²) < 4.78 is 35.3. The summed E-state index contributed by atoms with van der Waals surface area (Å²) in [4.78, 5) is -0.525. The summed E-state index contributed by atoms with van der Waals surface area (Å²) in [5, 5.41) is 4.77. The second-order valence-electron chi connectivity index (χ2n) is 2.22. The molecule has 0 aliphatic carbocycles. The normalized spacial score (nSPS) is 11.7. The lowest BCUT2D eigenvalue weighted by Gasteiger charge is -2.03. The zero-order valence-electron chi connectivity index (χ0n) is 6.09. The van der Waals surface area contributed by atoms with Crippen molar-refractivity contribution in [3.8, 4) is 0 Å². The van der Waals surface area contributed by atoms with Crippen molar-refractivity contribution in [2.24, 2.45) is 5.14 Å². The van der Waals surface area contributed by atoms with Crippen LogP contribution in [0.25, 0.3) is 0 Å². The standard InChI is InChI=1S/C6H4Br2FNO2S/c7-3-1-2-4(13(10,11)12)6(9)5(3)8/h1-2H,(H2,10,11,12). The zero-order valence-corrected chi connectivity index (χ0v) is 10.1. The van der Waals surface area contributed by atoms with Crippen molar-refractivity contribution in [2.75, 3.05) is 0 Å². The first-order valence-corrected chi connectivity index (χ1v) is 6.13. The Balaban J connectivity index is 3.53. The Bertz CT molecular complexity index is 446. The van der Waals surface area contributed by atoms with E-state index in [1.54, 1.807) is 0 Å². The van der Waals surface area contributed by atoms with Crippen molar-refractivity contribution >= 4 is 41.9 Å². The maximum atomic E-state index is 13.2. The van der Waals surface area contributed by atoms with Gasteiger partial charge in [-0.1, -0.05) is 0 Å². The average Bonchev–Trinajstić information content (AvgIpc) is 1.98. The van der Waals surface area contributed by atoms with E-state index in [0.29, 0.717) is 4.47 Å². The van der Waals surface area contributed by atoms with Gasteiger partial charge in [0.1, 0.15) is 4.90 Å². The highest BCUT2D eigenvalue weighted by Crippen LogP contribution is 2.29.